The van der Waals surface area contributed by atoms with Crippen LogP contribution in [0.2, 0.25) is 0 Å². The van der Waals surface area contributed by atoms with E-state index in [9.17, 15) is 14.4 Å². The van der Waals surface area contributed by atoms with Gasteiger partial charge in [0.2, 0.25) is 0 Å². The van der Waals surface area contributed by atoms with Gasteiger partial charge in [0.25, 0.3) is 5.91 Å². The zero-order chi connectivity index (χ0) is 19.8. The van der Waals surface area contributed by atoms with E-state index in [-0.39, 0.29) is 12.8 Å². The van der Waals surface area contributed by atoms with Crippen molar-refractivity contribution in [2.24, 2.45) is 0 Å². The molecule has 1 aromatic heterocycles. The van der Waals surface area contributed by atoms with Gasteiger partial charge in [-0.05, 0) is 18.9 Å². The molecule has 0 saturated heterocycles. The summed E-state index contributed by atoms with van der Waals surface area (Å²) in [4.78, 5) is 36.4. The highest BCUT2D eigenvalue weighted by molar-refractivity contribution is 6.08. The molecule has 2 rings (SSSR count). The Morgan fingerprint density at radius 2 is 1.89 bits per heavy atom. The first-order chi connectivity index (χ1) is 13.0. The van der Waals surface area contributed by atoms with Crippen LogP contribution in [0.4, 0.5) is 0 Å². The number of benzene rings is 1. The van der Waals surface area contributed by atoms with Crippen molar-refractivity contribution in [1.82, 2.24) is 5.32 Å². The molecule has 1 N–H and O–H groups in total. The summed E-state index contributed by atoms with van der Waals surface area (Å²) in [7, 11) is 2.51. The average Bonchev–Trinajstić information content (AvgIpc) is 3.06. The third kappa shape index (κ3) is 5.09. The summed E-state index contributed by atoms with van der Waals surface area (Å²) >= 11 is 0. The molecule has 27 heavy (non-hydrogen) atoms. The summed E-state index contributed by atoms with van der Waals surface area (Å²) in [5.74, 6) is -0.913. The Labute approximate surface area is 158 Å². The van der Waals surface area contributed by atoms with Crippen molar-refractivity contribution in [3.63, 3.8) is 0 Å². The lowest BCUT2D eigenvalue weighted by atomic mass is 10.1. The van der Waals surface area contributed by atoms with Crippen molar-refractivity contribution in [1.29, 1.82) is 0 Å². The van der Waals surface area contributed by atoms with Crippen LogP contribution in [0.1, 0.15) is 48.7 Å². The minimum absolute atomic E-state index is 0.00856. The molecule has 0 aliphatic carbocycles. The number of hydrogen-bond donors (Lipinski definition) is 1. The molecule has 7 nitrogen and oxygen atoms in total. The Kier molecular flexibility index (Phi) is 7.40. The van der Waals surface area contributed by atoms with Crippen LogP contribution in [0.15, 0.2) is 28.7 Å². The highest BCUT2D eigenvalue weighted by Gasteiger charge is 2.27. The van der Waals surface area contributed by atoms with Gasteiger partial charge in [0.1, 0.15) is 17.4 Å². The number of fused-ring (bicyclic) bond motifs is 1. The molecule has 0 aliphatic rings. The lowest BCUT2D eigenvalue weighted by molar-refractivity contribution is -0.144. The summed E-state index contributed by atoms with van der Waals surface area (Å²) in [6.07, 6.45) is 2.54. The van der Waals surface area contributed by atoms with Gasteiger partial charge in [-0.3, -0.25) is 9.59 Å². The second-order valence-electron chi connectivity index (χ2n) is 6.16. The maximum Gasteiger partial charge on any atom is 0.328 e. The number of carbonyl (C=O) groups excluding carboxylic acids is 3. The van der Waals surface area contributed by atoms with E-state index in [2.05, 4.69) is 17.0 Å². The lowest BCUT2D eigenvalue weighted by Gasteiger charge is -2.16. The standard InChI is InChI=1S/C20H25NO6/c1-4-5-9-16-18(13-8-6-7-10-15(13)27-16)19(23)21-14(20(24)26-3)11-12-17(22)25-2/h6-8,10,14H,4-5,9,11-12H2,1-3H3,(H,21,23)/t14-/m0/s1. The summed E-state index contributed by atoms with van der Waals surface area (Å²) in [6, 6.07) is 6.33. The van der Waals surface area contributed by atoms with Crippen molar-refractivity contribution >= 4 is 28.8 Å². The van der Waals surface area contributed by atoms with Crippen LogP contribution in [-0.2, 0) is 25.5 Å². The molecule has 1 aromatic carbocycles. The molecule has 0 aliphatic heterocycles. The number of furan rings is 1. The maximum absolute atomic E-state index is 13.0. The molecule has 0 unspecified atom stereocenters. The van der Waals surface area contributed by atoms with E-state index in [1.165, 1.54) is 14.2 Å². The predicted molar refractivity (Wildman–Crippen MR) is 99.3 cm³/mol. The monoisotopic (exact) mass is 375 g/mol. The fourth-order valence-electron chi connectivity index (χ4n) is 2.84. The molecular formula is C20H25NO6. The van der Waals surface area contributed by atoms with Crippen molar-refractivity contribution in [3.8, 4) is 0 Å². The minimum Gasteiger partial charge on any atom is -0.469 e. The van der Waals surface area contributed by atoms with Crippen LogP contribution < -0.4 is 5.32 Å². The number of hydrogen-bond acceptors (Lipinski definition) is 6. The van der Waals surface area contributed by atoms with Crippen LogP contribution in [0.25, 0.3) is 11.0 Å². The molecule has 0 radical (unpaired) electrons. The van der Waals surface area contributed by atoms with Gasteiger partial charge in [0.05, 0.1) is 19.8 Å². The molecule has 1 amide bonds. The van der Waals surface area contributed by atoms with Gasteiger partial charge in [-0.25, -0.2) is 4.79 Å². The Balaban J connectivity index is 2.28. The minimum atomic E-state index is -0.950. The summed E-state index contributed by atoms with van der Waals surface area (Å²) < 4.78 is 15.2. The molecular weight excluding hydrogens is 350 g/mol. The van der Waals surface area contributed by atoms with Crippen LogP contribution >= 0.6 is 0 Å². The average molecular weight is 375 g/mol. The van der Waals surface area contributed by atoms with E-state index < -0.39 is 23.9 Å². The molecule has 1 atom stereocenters. The largest absolute Gasteiger partial charge is 0.469 e. The van der Waals surface area contributed by atoms with Gasteiger partial charge in [-0.1, -0.05) is 31.5 Å². The van der Waals surface area contributed by atoms with Crippen LogP contribution in [-0.4, -0.2) is 38.1 Å². The molecule has 2 aromatic rings. The zero-order valence-corrected chi connectivity index (χ0v) is 15.9. The van der Waals surface area contributed by atoms with E-state index in [0.29, 0.717) is 28.7 Å². The number of amides is 1. The number of methoxy groups -OCH3 is 2. The van der Waals surface area contributed by atoms with E-state index in [1.54, 1.807) is 6.07 Å². The molecule has 146 valence electrons. The number of ether oxygens (including phenoxy) is 2. The van der Waals surface area contributed by atoms with Crippen molar-refractivity contribution in [2.45, 2.75) is 45.1 Å². The third-order valence-electron chi connectivity index (χ3n) is 4.31. The fourth-order valence-corrected chi connectivity index (χ4v) is 2.84. The maximum atomic E-state index is 13.0. The second-order valence-corrected chi connectivity index (χ2v) is 6.16. The summed E-state index contributed by atoms with van der Waals surface area (Å²) in [5, 5.41) is 3.37. The third-order valence-corrected chi connectivity index (χ3v) is 4.31. The molecule has 7 heteroatoms. The number of esters is 2. The van der Waals surface area contributed by atoms with E-state index >= 15 is 0 Å². The van der Waals surface area contributed by atoms with Crippen LogP contribution in [0, 0.1) is 0 Å². The normalized spacial score (nSPS) is 11.8. The second kappa shape index (κ2) is 9.75. The van der Waals surface area contributed by atoms with E-state index in [1.807, 2.05) is 18.2 Å². The highest BCUT2D eigenvalue weighted by Crippen LogP contribution is 2.27. The molecule has 0 fully saturated rings. The van der Waals surface area contributed by atoms with Crippen molar-refractivity contribution < 1.29 is 28.3 Å². The van der Waals surface area contributed by atoms with Gasteiger partial charge >= 0.3 is 11.9 Å². The first kappa shape index (κ1) is 20.5. The van der Waals surface area contributed by atoms with E-state index in [0.717, 1.165) is 12.8 Å². The lowest BCUT2D eigenvalue weighted by Crippen LogP contribution is -2.42. The quantitative estimate of drug-likeness (QED) is 0.677. The van der Waals surface area contributed by atoms with Crippen LogP contribution in [0.5, 0.6) is 0 Å². The fraction of sp³-hybridized carbons (Fsp3) is 0.450. The number of carbonyl (C=O) groups is 3. The van der Waals surface area contributed by atoms with Crippen molar-refractivity contribution in [2.75, 3.05) is 14.2 Å². The van der Waals surface area contributed by atoms with Gasteiger partial charge in [-0.15, -0.1) is 0 Å². The first-order valence-electron chi connectivity index (χ1n) is 8.97. The summed E-state index contributed by atoms with van der Waals surface area (Å²) in [6.45, 7) is 2.06. The predicted octanol–water partition coefficient (Wildman–Crippen LogP) is 3.00. The topological polar surface area (TPSA) is 94.8 Å². The number of para-hydroxylation sites is 1. The van der Waals surface area contributed by atoms with Crippen LogP contribution in [0.3, 0.4) is 0 Å². The molecule has 0 bridgehead atoms. The van der Waals surface area contributed by atoms with E-state index in [4.69, 9.17) is 9.15 Å². The Morgan fingerprint density at radius 1 is 1.15 bits per heavy atom. The number of rotatable bonds is 9. The van der Waals surface area contributed by atoms with Crippen molar-refractivity contribution in [3.05, 3.63) is 35.6 Å². The number of unbranched alkanes of at least 4 members (excludes halogenated alkanes) is 1. The smallest absolute Gasteiger partial charge is 0.328 e. The molecule has 0 saturated carbocycles. The SMILES string of the molecule is CCCCc1oc2ccccc2c1C(=O)N[C@@H](CCC(=O)OC)C(=O)OC. The zero-order valence-electron chi connectivity index (χ0n) is 15.9. The molecule has 1 heterocycles. The van der Waals surface area contributed by atoms with Gasteiger partial charge in [0.15, 0.2) is 0 Å². The summed E-state index contributed by atoms with van der Waals surface area (Å²) in [5.41, 5.74) is 1.05. The van der Waals surface area contributed by atoms with Gasteiger partial charge in [0, 0.05) is 18.2 Å². The number of aryl methyl sites for hydroxylation is 1. The van der Waals surface area contributed by atoms with Gasteiger partial charge < -0.3 is 19.2 Å². The number of nitrogens with one attached hydrogen (secondary N) is 1. The highest BCUT2D eigenvalue weighted by atomic mass is 16.5. The van der Waals surface area contributed by atoms with Gasteiger partial charge in [-0.2, -0.15) is 0 Å². The Morgan fingerprint density at radius 3 is 2.56 bits per heavy atom. The molecule has 0 spiro atoms. The Bertz CT molecular complexity index is 810. The Hall–Kier alpha value is -2.83. The first-order valence-corrected chi connectivity index (χ1v) is 8.97.